The van der Waals surface area contributed by atoms with Gasteiger partial charge in [-0.2, -0.15) is 0 Å². The smallest absolute Gasteiger partial charge is 0.352 e. The molecule has 106 valence electrons. The summed E-state index contributed by atoms with van der Waals surface area (Å²) >= 11 is 0. The minimum absolute atomic E-state index is 0.0758. The fraction of sp³-hybridized carbons (Fsp3) is 0.750. The number of hydrogen-bond acceptors (Lipinski definition) is 4. The lowest BCUT2D eigenvalue weighted by Gasteiger charge is -2.19. The summed E-state index contributed by atoms with van der Waals surface area (Å²) in [5.74, 6) is -0.0675. The first-order valence-corrected chi connectivity index (χ1v) is 7.79. The van der Waals surface area contributed by atoms with Crippen molar-refractivity contribution in [2.24, 2.45) is 5.92 Å². The summed E-state index contributed by atoms with van der Waals surface area (Å²) in [5.41, 5.74) is 0. The highest BCUT2D eigenvalue weighted by molar-refractivity contribution is 7.60. The van der Waals surface area contributed by atoms with Crippen molar-refractivity contribution in [1.82, 2.24) is 5.32 Å². The van der Waals surface area contributed by atoms with Crippen molar-refractivity contribution in [2.45, 2.75) is 34.6 Å². The van der Waals surface area contributed by atoms with Gasteiger partial charge in [0.15, 0.2) is 0 Å². The molecule has 6 heteroatoms. The molecule has 0 radical (unpaired) electrons. The second-order valence-electron chi connectivity index (χ2n) is 4.11. The standard InChI is InChI=1S/C12H24NO4P/c1-6-11(12(14)13-9-10(4)5)18(15,16-7-2)17-8-3/h6,10H,7-9H2,1-5H3,(H,13,14)/b11-6-. The molecule has 0 aromatic rings. The number of hydrogen-bond donors (Lipinski definition) is 1. The van der Waals surface area contributed by atoms with Crippen molar-refractivity contribution in [3.05, 3.63) is 11.4 Å². The van der Waals surface area contributed by atoms with Crippen molar-refractivity contribution in [3.63, 3.8) is 0 Å². The first-order chi connectivity index (χ1) is 8.41. The Morgan fingerprint density at radius 3 is 2.11 bits per heavy atom. The van der Waals surface area contributed by atoms with E-state index in [0.717, 1.165) is 0 Å². The van der Waals surface area contributed by atoms with E-state index in [0.29, 0.717) is 12.5 Å². The zero-order chi connectivity index (χ0) is 14.2. The van der Waals surface area contributed by atoms with Crippen molar-refractivity contribution in [1.29, 1.82) is 0 Å². The second kappa shape index (κ2) is 8.46. The van der Waals surface area contributed by atoms with Gasteiger partial charge in [0.2, 0.25) is 0 Å². The molecule has 5 nitrogen and oxygen atoms in total. The van der Waals surface area contributed by atoms with E-state index in [1.807, 2.05) is 13.8 Å². The Morgan fingerprint density at radius 2 is 1.78 bits per heavy atom. The van der Waals surface area contributed by atoms with E-state index in [2.05, 4.69) is 5.32 Å². The van der Waals surface area contributed by atoms with Crippen LogP contribution in [0.5, 0.6) is 0 Å². The molecule has 0 saturated carbocycles. The average molecular weight is 277 g/mol. The SMILES string of the molecule is C/C=C(/C(=O)NCC(C)C)P(=O)(OCC)OCC. The summed E-state index contributed by atoms with van der Waals surface area (Å²) in [7, 11) is -3.50. The minimum Gasteiger partial charge on any atom is -0.352 e. The Labute approximate surface area is 109 Å². The normalized spacial score (nSPS) is 12.9. The zero-order valence-electron chi connectivity index (χ0n) is 11.9. The van der Waals surface area contributed by atoms with Crippen LogP contribution in [0.1, 0.15) is 34.6 Å². The van der Waals surface area contributed by atoms with Crippen molar-refractivity contribution >= 4 is 13.5 Å². The molecule has 0 bridgehead atoms. The molecular formula is C12H24NO4P. The van der Waals surface area contributed by atoms with Gasteiger partial charge < -0.3 is 14.4 Å². The van der Waals surface area contributed by atoms with E-state index in [1.54, 1.807) is 20.8 Å². The summed E-state index contributed by atoms with van der Waals surface area (Å²) in [6, 6.07) is 0. The number of carbonyl (C=O) groups is 1. The van der Waals surface area contributed by atoms with Gasteiger partial charge in [0.1, 0.15) is 5.31 Å². The summed E-state index contributed by atoms with van der Waals surface area (Å²) < 4.78 is 22.8. The third kappa shape index (κ3) is 5.34. The molecule has 0 heterocycles. The minimum atomic E-state index is -3.50. The van der Waals surface area contributed by atoms with E-state index < -0.39 is 13.5 Å². The van der Waals surface area contributed by atoms with Gasteiger partial charge in [-0.3, -0.25) is 9.36 Å². The first kappa shape index (κ1) is 17.4. The summed E-state index contributed by atoms with van der Waals surface area (Å²) in [6.07, 6.45) is 1.49. The maximum absolute atomic E-state index is 12.5. The molecule has 0 rings (SSSR count). The Kier molecular flexibility index (Phi) is 8.16. The predicted molar refractivity (Wildman–Crippen MR) is 72.5 cm³/mol. The zero-order valence-corrected chi connectivity index (χ0v) is 12.8. The van der Waals surface area contributed by atoms with Crippen LogP contribution in [0.2, 0.25) is 0 Å². The molecule has 0 saturated heterocycles. The van der Waals surface area contributed by atoms with Crippen LogP contribution in [0.3, 0.4) is 0 Å². The molecule has 0 aliphatic heterocycles. The third-order valence-corrected chi connectivity index (χ3v) is 4.32. The topological polar surface area (TPSA) is 64.6 Å². The average Bonchev–Trinajstić information content (AvgIpc) is 2.27. The molecule has 0 unspecified atom stereocenters. The maximum Gasteiger partial charge on any atom is 0.366 e. The van der Waals surface area contributed by atoms with Crippen LogP contribution in [0, 0.1) is 5.92 Å². The molecule has 0 spiro atoms. The maximum atomic E-state index is 12.5. The van der Waals surface area contributed by atoms with E-state index in [9.17, 15) is 9.36 Å². The first-order valence-electron chi connectivity index (χ1n) is 6.25. The molecule has 0 aliphatic rings. The number of rotatable bonds is 8. The van der Waals surface area contributed by atoms with Crippen LogP contribution in [0.15, 0.2) is 11.4 Å². The van der Waals surface area contributed by atoms with Crippen LogP contribution in [-0.2, 0) is 18.4 Å². The van der Waals surface area contributed by atoms with Crippen LogP contribution in [0.4, 0.5) is 0 Å². The largest absolute Gasteiger partial charge is 0.366 e. The molecule has 1 N–H and O–H groups in total. The van der Waals surface area contributed by atoms with Crippen LogP contribution < -0.4 is 5.32 Å². The van der Waals surface area contributed by atoms with Gasteiger partial charge in [-0.25, -0.2) is 0 Å². The second-order valence-corrected chi connectivity index (χ2v) is 6.10. The monoisotopic (exact) mass is 277 g/mol. The predicted octanol–water partition coefficient (Wildman–Crippen LogP) is 2.93. The van der Waals surface area contributed by atoms with Gasteiger partial charge in [0, 0.05) is 6.54 Å². The number of allylic oxidation sites excluding steroid dienone is 1. The number of nitrogens with one attached hydrogen (secondary N) is 1. The Balaban J connectivity index is 4.92. The van der Waals surface area contributed by atoms with Crippen molar-refractivity contribution in [2.75, 3.05) is 19.8 Å². The summed E-state index contributed by atoms with van der Waals surface area (Å²) in [5, 5.41) is 2.79. The number of carbonyl (C=O) groups excluding carboxylic acids is 1. The third-order valence-electron chi connectivity index (χ3n) is 2.07. The van der Waals surface area contributed by atoms with Gasteiger partial charge in [0.05, 0.1) is 13.2 Å². The van der Waals surface area contributed by atoms with Gasteiger partial charge in [-0.05, 0) is 26.7 Å². The number of amides is 1. The Bertz CT molecular complexity index is 329. The van der Waals surface area contributed by atoms with Crippen LogP contribution in [0.25, 0.3) is 0 Å². The molecular weight excluding hydrogens is 253 g/mol. The van der Waals surface area contributed by atoms with Gasteiger partial charge in [-0.1, -0.05) is 19.9 Å². The molecule has 1 amide bonds. The molecule has 0 aromatic carbocycles. The Morgan fingerprint density at radius 1 is 1.28 bits per heavy atom. The lowest BCUT2D eigenvalue weighted by Crippen LogP contribution is -2.29. The van der Waals surface area contributed by atoms with Gasteiger partial charge in [0.25, 0.3) is 5.91 Å². The molecule has 0 aromatic heterocycles. The molecule has 18 heavy (non-hydrogen) atoms. The lowest BCUT2D eigenvalue weighted by atomic mass is 10.2. The lowest BCUT2D eigenvalue weighted by molar-refractivity contribution is -0.117. The molecule has 0 aliphatic carbocycles. The van der Waals surface area contributed by atoms with Gasteiger partial charge in [-0.15, -0.1) is 0 Å². The van der Waals surface area contributed by atoms with Crippen LogP contribution >= 0.6 is 7.60 Å². The highest BCUT2D eigenvalue weighted by Gasteiger charge is 2.33. The highest BCUT2D eigenvalue weighted by atomic mass is 31.2. The summed E-state index contributed by atoms with van der Waals surface area (Å²) in [4.78, 5) is 12.0. The molecule has 0 atom stereocenters. The molecule has 0 fully saturated rings. The summed E-state index contributed by atoms with van der Waals surface area (Å²) in [6.45, 7) is 10.0. The van der Waals surface area contributed by atoms with Crippen LogP contribution in [-0.4, -0.2) is 25.7 Å². The van der Waals surface area contributed by atoms with Gasteiger partial charge >= 0.3 is 7.60 Å². The fourth-order valence-electron chi connectivity index (χ4n) is 1.32. The van der Waals surface area contributed by atoms with Crippen molar-refractivity contribution in [3.8, 4) is 0 Å². The van der Waals surface area contributed by atoms with E-state index in [4.69, 9.17) is 9.05 Å². The Hall–Kier alpha value is -0.640. The highest BCUT2D eigenvalue weighted by Crippen LogP contribution is 2.55. The van der Waals surface area contributed by atoms with E-state index in [-0.39, 0.29) is 18.5 Å². The van der Waals surface area contributed by atoms with E-state index >= 15 is 0 Å². The van der Waals surface area contributed by atoms with E-state index in [1.165, 1.54) is 6.08 Å². The fourth-order valence-corrected chi connectivity index (χ4v) is 2.99. The van der Waals surface area contributed by atoms with Crippen molar-refractivity contribution < 1.29 is 18.4 Å². The quantitative estimate of drug-likeness (QED) is 0.547.